The fraction of sp³-hybridized carbons (Fsp3) is 0.412. The van der Waals surface area contributed by atoms with Crippen LogP contribution in [-0.4, -0.2) is 54.3 Å². The van der Waals surface area contributed by atoms with Crippen molar-refractivity contribution in [3.8, 4) is 0 Å². The van der Waals surface area contributed by atoms with E-state index in [0.29, 0.717) is 11.3 Å². The minimum Gasteiger partial charge on any atom is -0.345 e. The Balaban J connectivity index is 1.79. The van der Waals surface area contributed by atoms with E-state index in [4.69, 9.17) is 0 Å². The van der Waals surface area contributed by atoms with E-state index in [1.165, 1.54) is 24.7 Å². The average molecular weight is 377 g/mol. The zero-order chi connectivity index (χ0) is 18.3. The average Bonchev–Trinajstić information content (AvgIpc) is 3.04. The molecule has 0 spiro atoms. The Kier molecular flexibility index (Phi) is 4.28. The molecule has 0 saturated carbocycles. The largest absolute Gasteiger partial charge is 0.345 e. The van der Waals surface area contributed by atoms with Gasteiger partial charge in [-0.3, -0.25) is 9.39 Å². The minimum atomic E-state index is -3.37. The first-order chi connectivity index (χ1) is 12.4. The van der Waals surface area contributed by atoms with Gasteiger partial charge in [-0.25, -0.2) is 17.8 Å². The Hall–Kier alpha value is -2.26. The van der Waals surface area contributed by atoms with Gasteiger partial charge < -0.3 is 10.2 Å². The molecule has 4 rings (SSSR count). The van der Waals surface area contributed by atoms with Crippen LogP contribution in [0.1, 0.15) is 24.7 Å². The molecule has 0 amide bonds. The number of hydrogen-bond donors (Lipinski definition) is 1. The predicted octanol–water partition coefficient (Wildman–Crippen LogP) is 1.50. The smallest absolute Gasteiger partial charge is 0.178 e. The Morgan fingerprint density at radius 1 is 1.35 bits per heavy atom. The molecule has 0 radical (unpaired) electrons. The van der Waals surface area contributed by atoms with Crippen molar-refractivity contribution in [1.82, 2.24) is 19.6 Å². The molecule has 7 nitrogen and oxygen atoms in total. The van der Waals surface area contributed by atoms with Gasteiger partial charge in [0, 0.05) is 37.5 Å². The monoisotopic (exact) mass is 377 g/mol. The molecule has 0 aliphatic carbocycles. The second-order valence-corrected chi connectivity index (χ2v) is 8.68. The van der Waals surface area contributed by atoms with E-state index in [-0.39, 0.29) is 16.8 Å². The van der Waals surface area contributed by atoms with Crippen LogP contribution in [0, 0.1) is 5.82 Å². The second-order valence-electron chi connectivity index (χ2n) is 6.66. The van der Waals surface area contributed by atoms with Crippen molar-refractivity contribution < 1.29 is 12.8 Å². The van der Waals surface area contributed by atoms with Crippen LogP contribution in [0.15, 0.2) is 40.6 Å². The van der Waals surface area contributed by atoms with Crippen LogP contribution < -0.4 is 5.32 Å². The predicted molar refractivity (Wildman–Crippen MR) is 97.0 cm³/mol. The molecule has 1 N–H and O–H groups in total. The lowest BCUT2D eigenvalue weighted by Crippen LogP contribution is -2.46. The Morgan fingerprint density at radius 3 is 2.92 bits per heavy atom. The number of aliphatic imine (C=N–C) groups is 1. The number of hydrogen-bond acceptors (Lipinski definition) is 6. The molecule has 2 aromatic rings. The number of aromatic nitrogens is 2. The first kappa shape index (κ1) is 17.2. The first-order valence-electron chi connectivity index (χ1n) is 8.49. The molecule has 1 saturated heterocycles. The zero-order valence-corrected chi connectivity index (χ0v) is 15.2. The van der Waals surface area contributed by atoms with Gasteiger partial charge in [-0.05, 0) is 31.5 Å². The number of pyridine rings is 1. The number of halogens is 1. The fourth-order valence-electron chi connectivity index (χ4n) is 3.45. The van der Waals surface area contributed by atoms with E-state index >= 15 is 0 Å². The molecule has 26 heavy (non-hydrogen) atoms. The number of nitrogens with zero attached hydrogens (tertiary/aromatic N) is 4. The standard InChI is InChI=1S/C17H20FN5O2S/c1-26(24,25)14-8-21-17(22(11-14)13-3-2-6-19-7-13)15-9-20-16-5-4-12(18)10-23(15)16/h4-5,8-11,13,17,19H,2-3,6-7H2,1H3/t13?,17-/m0/s1. The summed E-state index contributed by atoms with van der Waals surface area (Å²) < 4.78 is 39.4. The minimum absolute atomic E-state index is 0.0991. The Labute approximate surface area is 151 Å². The summed E-state index contributed by atoms with van der Waals surface area (Å²) in [6.45, 7) is 1.69. The summed E-state index contributed by atoms with van der Waals surface area (Å²) in [4.78, 5) is 11.0. The van der Waals surface area contributed by atoms with E-state index in [0.717, 1.165) is 25.9 Å². The number of rotatable bonds is 3. The molecule has 1 fully saturated rings. The summed E-state index contributed by atoms with van der Waals surface area (Å²) in [5.41, 5.74) is 1.32. The maximum Gasteiger partial charge on any atom is 0.178 e. The maximum atomic E-state index is 13.7. The van der Waals surface area contributed by atoms with E-state index < -0.39 is 16.0 Å². The summed E-state index contributed by atoms with van der Waals surface area (Å²) in [6.07, 6.45) is 8.72. The van der Waals surface area contributed by atoms with E-state index in [9.17, 15) is 12.8 Å². The van der Waals surface area contributed by atoms with Gasteiger partial charge >= 0.3 is 0 Å². The third kappa shape index (κ3) is 3.12. The number of allylic oxidation sites excluding steroid dienone is 1. The van der Waals surface area contributed by atoms with Crippen molar-refractivity contribution in [3.05, 3.63) is 47.1 Å². The molecular weight excluding hydrogens is 357 g/mol. The quantitative estimate of drug-likeness (QED) is 0.877. The SMILES string of the molecule is CS(=O)(=O)C1=CN(C2CCCNC2)[C@@H](c2cnc3ccc(F)cn23)N=C1. The third-order valence-corrected chi connectivity index (χ3v) is 5.85. The van der Waals surface area contributed by atoms with Gasteiger partial charge in [-0.2, -0.15) is 0 Å². The van der Waals surface area contributed by atoms with E-state index in [1.807, 2.05) is 4.90 Å². The molecule has 2 aliphatic heterocycles. The van der Waals surface area contributed by atoms with Crippen molar-refractivity contribution >= 4 is 21.7 Å². The summed E-state index contributed by atoms with van der Waals surface area (Å²) in [5.74, 6) is -0.366. The summed E-state index contributed by atoms with van der Waals surface area (Å²) in [5, 5.41) is 3.34. The van der Waals surface area contributed by atoms with Crippen molar-refractivity contribution in [2.45, 2.75) is 25.0 Å². The molecule has 9 heteroatoms. The van der Waals surface area contributed by atoms with Crippen LogP contribution in [0.5, 0.6) is 0 Å². The molecule has 0 aromatic carbocycles. The van der Waals surface area contributed by atoms with Crippen molar-refractivity contribution in [2.75, 3.05) is 19.3 Å². The topological polar surface area (TPSA) is 79.1 Å². The number of imidazole rings is 1. The normalized spacial score (nSPS) is 24.1. The Morgan fingerprint density at radius 2 is 2.19 bits per heavy atom. The molecule has 1 unspecified atom stereocenters. The highest BCUT2D eigenvalue weighted by molar-refractivity contribution is 7.95. The van der Waals surface area contributed by atoms with Gasteiger partial charge in [-0.15, -0.1) is 0 Å². The summed E-state index contributed by atoms with van der Waals surface area (Å²) in [7, 11) is -3.37. The Bertz CT molecular complexity index is 992. The molecule has 0 bridgehead atoms. The van der Waals surface area contributed by atoms with Crippen LogP contribution in [0.2, 0.25) is 0 Å². The summed E-state index contributed by atoms with van der Waals surface area (Å²) in [6, 6.07) is 3.07. The molecule has 138 valence electrons. The van der Waals surface area contributed by atoms with Gasteiger partial charge in [0.15, 0.2) is 16.0 Å². The number of fused-ring (bicyclic) bond motifs is 1. The second kappa shape index (κ2) is 6.48. The molecule has 2 aliphatic rings. The van der Waals surface area contributed by atoms with Crippen LogP contribution in [0.3, 0.4) is 0 Å². The van der Waals surface area contributed by atoms with Gasteiger partial charge in [0.1, 0.15) is 16.4 Å². The lowest BCUT2D eigenvalue weighted by molar-refractivity contribution is 0.172. The maximum absolute atomic E-state index is 13.7. The van der Waals surface area contributed by atoms with E-state index in [1.54, 1.807) is 22.9 Å². The first-order valence-corrected chi connectivity index (χ1v) is 10.4. The number of piperidine rings is 1. The van der Waals surface area contributed by atoms with Crippen LogP contribution in [-0.2, 0) is 9.84 Å². The number of nitrogens with one attached hydrogen (secondary N) is 1. The van der Waals surface area contributed by atoms with Crippen molar-refractivity contribution in [2.24, 2.45) is 4.99 Å². The van der Waals surface area contributed by atoms with Gasteiger partial charge in [0.05, 0.1) is 11.9 Å². The van der Waals surface area contributed by atoms with Gasteiger partial charge in [0.25, 0.3) is 0 Å². The van der Waals surface area contributed by atoms with Gasteiger partial charge in [-0.1, -0.05) is 0 Å². The van der Waals surface area contributed by atoms with E-state index in [2.05, 4.69) is 15.3 Å². The highest BCUT2D eigenvalue weighted by atomic mass is 32.2. The lowest BCUT2D eigenvalue weighted by atomic mass is 10.0. The highest BCUT2D eigenvalue weighted by Crippen LogP contribution is 2.31. The molecule has 2 aromatic heterocycles. The molecule has 4 heterocycles. The fourth-order valence-corrected chi connectivity index (χ4v) is 4.02. The van der Waals surface area contributed by atoms with Gasteiger partial charge in [0.2, 0.25) is 0 Å². The van der Waals surface area contributed by atoms with Crippen molar-refractivity contribution in [3.63, 3.8) is 0 Å². The van der Waals surface area contributed by atoms with Crippen LogP contribution in [0.4, 0.5) is 4.39 Å². The third-order valence-electron chi connectivity index (χ3n) is 4.79. The zero-order valence-electron chi connectivity index (χ0n) is 14.3. The van der Waals surface area contributed by atoms with Crippen LogP contribution >= 0.6 is 0 Å². The molecular formula is C17H20FN5O2S. The van der Waals surface area contributed by atoms with Crippen molar-refractivity contribution in [1.29, 1.82) is 0 Å². The number of sulfone groups is 1. The highest BCUT2D eigenvalue weighted by Gasteiger charge is 2.31. The molecule has 2 atom stereocenters. The van der Waals surface area contributed by atoms with Crippen LogP contribution in [0.25, 0.3) is 5.65 Å². The summed E-state index contributed by atoms with van der Waals surface area (Å²) >= 11 is 0. The lowest BCUT2D eigenvalue weighted by Gasteiger charge is -2.39.